The van der Waals surface area contributed by atoms with Crippen molar-refractivity contribution in [2.45, 2.75) is 6.61 Å². The molecule has 0 saturated carbocycles. The van der Waals surface area contributed by atoms with Gasteiger partial charge in [0.2, 0.25) is 0 Å². The highest BCUT2D eigenvalue weighted by molar-refractivity contribution is 5.82. The van der Waals surface area contributed by atoms with Crippen molar-refractivity contribution >= 4 is 11.0 Å². The highest BCUT2D eigenvalue weighted by atomic mass is 19.3. The third-order valence-electron chi connectivity index (χ3n) is 2.77. The standard InChI is InChI=1S/C14H10F2N2O/c15-14(16)19-12-7-10-6-11(8-17-13(10)18-12)9-4-2-1-3-5-9/h1-8,14H,(H,17,18). The van der Waals surface area contributed by atoms with E-state index in [1.54, 1.807) is 6.20 Å². The molecule has 2 heterocycles. The van der Waals surface area contributed by atoms with Crippen LogP contribution in [-0.4, -0.2) is 16.6 Å². The van der Waals surface area contributed by atoms with Gasteiger partial charge in [0, 0.05) is 23.2 Å². The molecule has 0 bridgehead atoms. The average molecular weight is 260 g/mol. The Labute approximate surface area is 107 Å². The summed E-state index contributed by atoms with van der Waals surface area (Å²) in [5.74, 6) is 0.0164. The molecule has 3 aromatic rings. The van der Waals surface area contributed by atoms with E-state index in [1.807, 2.05) is 36.4 Å². The minimum atomic E-state index is -2.85. The first kappa shape index (κ1) is 11.6. The van der Waals surface area contributed by atoms with Crippen molar-refractivity contribution in [3.05, 3.63) is 48.7 Å². The van der Waals surface area contributed by atoms with Crippen molar-refractivity contribution in [1.82, 2.24) is 9.97 Å². The SMILES string of the molecule is FC(F)Oc1cc2cc(-c3ccccc3)cnc2[nH]1. The summed E-state index contributed by atoms with van der Waals surface area (Å²) in [6, 6.07) is 13.1. The zero-order valence-electron chi connectivity index (χ0n) is 9.81. The van der Waals surface area contributed by atoms with Gasteiger partial charge in [0.1, 0.15) is 5.65 Å². The molecule has 0 amide bonds. The second kappa shape index (κ2) is 4.68. The predicted octanol–water partition coefficient (Wildman–Crippen LogP) is 3.83. The molecule has 0 aliphatic carbocycles. The fraction of sp³-hybridized carbons (Fsp3) is 0.0714. The van der Waals surface area contributed by atoms with Crippen LogP contribution in [0.15, 0.2) is 48.7 Å². The molecule has 5 heteroatoms. The van der Waals surface area contributed by atoms with Gasteiger partial charge in [-0.15, -0.1) is 0 Å². The molecule has 0 radical (unpaired) electrons. The number of alkyl halides is 2. The Balaban J connectivity index is 2.01. The molecular weight excluding hydrogens is 250 g/mol. The summed E-state index contributed by atoms with van der Waals surface area (Å²) in [5, 5.41) is 0.733. The molecule has 0 fully saturated rings. The van der Waals surface area contributed by atoms with Crippen molar-refractivity contribution in [2.24, 2.45) is 0 Å². The van der Waals surface area contributed by atoms with Crippen LogP contribution in [-0.2, 0) is 0 Å². The van der Waals surface area contributed by atoms with Crippen LogP contribution in [0, 0.1) is 0 Å². The molecule has 1 N–H and O–H groups in total. The lowest BCUT2D eigenvalue weighted by Crippen LogP contribution is -2.01. The van der Waals surface area contributed by atoms with Crippen LogP contribution in [0.3, 0.4) is 0 Å². The maximum Gasteiger partial charge on any atom is 0.388 e. The van der Waals surface area contributed by atoms with E-state index in [0.717, 1.165) is 16.5 Å². The Morgan fingerprint density at radius 3 is 2.58 bits per heavy atom. The van der Waals surface area contributed by atoms with Crippen LogP contribution in [0.25, 0.3) is 22.2 Å². The second-order valence-electron chi connectivity index (χ2n) is 4.04. The zero-order chi connectivity index (χ0) is 13.2. The van der Waals surface area contributed by atoms with Crippen LogP contribution >= 0.6 is 0 Å². The van der Waals surface area contributed by atoms with E-state index in [9.17, 15) is 8.78 Å². The smallest absolute Gasteiger partial charge is 0.388 e. The number of aromatic amines is 1. The molecule has 0 unspecified atom stereocenters. The van der Waals surface area contributed by atoms with Gasteiger partial charge in [0.25, 0.3) is 0 Å². The van der Waals surface area contributed by atoms with Crippen LogP contribution < -0.4 is 4.74 Å². The fourth-order valence-electron chi connectivity index (χ4n) is 1.94. The second-order valence-corrected chi connectivity index (χ2v) is 4.04. The lowest BCUT2D eigenvalue weighted by molar-refractivity contribution is -0.0523. The van der Waals surface area contributed by atoms with Gasteiger partial charge in [-0.05, 0) is 11.6 Å². The van der Waals surface area contributed by atoms with E-state index in [0.29, 0.717) is 5.65 Å². The van der Waals surface area contributed by atoms with Gasteiger partial charge in [-0.1, -0.05) is 30.3 Å². The summed E-state index contributed by atoms with van der Waals surface area (Å²) in [6.07, 6.45) is 1.69. The molecule has 0 aliphatic heterocycles. The lowest BCUT2D eigenvalue weighted by Gasteiger charge is -2.00. The number of ether oxygens (including phenoxy) is 1. The monoisotopic (exact) mass is 260 g/mol. The molecule has 0 aliphatic rings. The topological polar surface area (TPSA) is 37.9 Å². The van der Waals surface area contributed by atoms with Crippen molar-refractivity contribution in [1.29, 1.82) is 0 Å². The summed E-state index contributed by atoms with van der Waals surface area (Å²) in [6.45, 7) is -2.85. The highest BCUT2D eigenvalue weighted by Crippen LogP contribution is 2.25. The minimum Gasteiger partial charge on any atom is -0.419 e. The Morgan fingerprint density at radius 2 is 1.84 bits per heavy atom. The van der Waals surface area contributed by atoms with E-state index in [2.05, 4.69) is 14.7 Å². The van der Waals surface area contributed by atoms with E-state index < -0.39 is 6.61 Å². The van der Waals surface area contributed by atoms with Crippen molar-refractivity contribution in [3.63, 3.8) is 0 Å². The maximum absolute atomic E-state index is 12.1. The molecular formula is C14H10F2N2O. The van der Waals surface area contributed by atoms with Crippen LogP contribution in [0.4, 0.5) is 8.78 Å². The number of aromatic nitrogens is 2. The Morgan fingerprint density at radius 1 is 1.05 bits per heavy atom. The normalized spacial score (nSPS) is 11.1. The summed E-state index contributed by atoms with van der Waals surface area (Å²) >= 11 is 0. The third kappa shape index (κ3) is 2.40. The number of hydrogen-bond acceptors (Lipinski definition) is 2. The van der Waals surface area contributed by atoms with Crippen molar-refractivity contribution in [2.75, 3.05) is 0 Å². The molecule has 0 spiro atoms. The summed E-state index contributed by atoms with van der Waals surface area (Å²) < 4.78 is 28.6. The first-order chi connectivity index (χ1) is 9.22. The molecule has 0 atom stereocenters. The fourth-order valence-corrected chi connectivity index (χ4v) is 1.94. The number of nitrogens with zero attached hydrogens (tertiary/aromatic N) is 1. The summed E-state index contributed by atoms with van der Waals surface area (Å²) in [4.78, 5) is 6.90. The predicted molar refractivity (Wildman–Crippen MR) is 68.2 cm³/mol. The number of benzene rings is 1. The Bertz CT molecular complexity index is 695. The number of pyridine rings is 1. The quantitative estimate of drug-likeness (QED) is 0.777. The lowest BCUT2D eigenvalue weighted by atomic mass is 10.1. The summed E-state index contributed by atoms with van der Waals surface area (Å²) in [7, 11) is 0. The van der Waals surface area contributed by atoms with Crippen molar-refractivity contribution < 1.29 is 13.5 Å². The molecule has 3 rings (SSSR count). The minimum absolute atomic E-state index is 0.0164. The Kier molecular flexibility index (Phi) is 2.87. The first-order valence-corrected chi connectivity index (χ1v) is 5.71. The van der Waals surface area contributed by atoms with E-state index in [-0.39, 0.29) is 5.88 Å². The van der Waals surface area contributed by atoms with Crippen molar-refractivity contribution in [3.8, 4) is 17.0 Å². The van der Waals surface area contributed by atoms with Crippen LogP contribution in [0.5, 0.6) is 5.88 Å². The van der Waals surface area contributed by atoms with E-state index >= 15 is 0 Å². The van der Waals surface area contributed by atoms with Gasteiger partial charge in [0.05, 0.1) is 0 Å². The molecule has 19 heavy (non-hydrogen) atoms. The van der Waals surface area contributed by atoms with Crippen LogP contribution in [0.2, 0.25) is 0 Å². The first-order valence-electron chi connectivity index (χ1n) is 5.71. The molecule has 3 nitrogen and oxygen atoms in total. The Hall–Kier alpha value is -2.43. The van der Waals surface area contributed by atoms with Crippen LogP contribution in [0.1, 0.15) is 0 Å². The largest absolute Gasteiger partial charge is 0.419 e. The average Bonchev–Trinajstić information content (AvgIpc) is 2.79. The number of halogens is 2. The van der Waals surface area contributed by atoms with E-state index in [4.69, 9.17) is 0 Å². The third-order valence-corrected chi connectivity index (χ3v) is 2.77. The molecule has 96 valence electrons. The maximum atomic E-state index is 12.1. The highest BCUT2D eigenvalue weighted by Gasteiger charge is 2.09. The molecule has 0 saturated heterocycles. The molecule has 1 aromatic carbocycles. The zero-order valence-corrected chi connectivity index (χ0v) is 9.81. The van der Waals surface area contributed by atoms with Gasteiger partial charge < -0.3 is 9.72 Å². The number of fused-ring (bicyclic) bond motifs is 1. The van der Waals surface area contributed by atoms with Gasteiger partial charge in [-0.2, -0.15) is 8.78 Å². The summed E-state index contributed by atoms with van der Waals surface area (Å²) in [5.41, 5.74) is 2.47. The van der Waals surface area contributed by atoms with Gasteiger partial charge in [0.15, 0.2) is 5.88 Å². The number of H-pyrrole nitrogens is 1. The van der Waals surface area contributed by atoms with E-state index in [1.165, 1.54) is 6.07 Å². The molecule has 2 aromatic heterocycles. The number of rotatable bonds is 3. The van der Waals surface area contributed by atoms with Gasteiger partial charge in [-0.25, -0.2) is 4.98 Å². The van der Waals surface area contributed by atoms with Gasteiger partial charge >= 0.3 is 6.61 Å². The van der Waals surface area contributed by atoms with Gasteiger partial charge in [-0.3, -0.25) is 0 Å². The number of nitrogens with one attached hydrogen (secondary N) is 1. The number of hydrogen-bond donors (Lipinski definition) is 1.